The fraction of sp³-hybridized carbons (Fsp3) is 0.462. The van der Waals surface area contributed by atoms with Crippen LogP contribution in [0.25, 0.3) is 0 Å². The summed E-state index contributed by atoms with van der Waals surface area (Å²) in [6, 6.07) is 4.85. The molecule has 0 amide bonds. The lowest BCUT2D eigenvalue weighted by Crippen LogP contribution is -2.29. The molecule has 0 aliphatic carbocycles. The summed E-state index contributed by atoms with van der Waals surface area (Å²) in [5, 5.41) is 0. The molecular formula is C13H13F3O2. The van der Waals surface area contributed by atoms with E-state index in [1.165, 1.54) is 18.2 Å². The molecule has 1 unspecified atom stereocenters. The van der Waals surface area contributed by atoms with Crippen molar-refractivity contribution in [2.75, 3.05) is 6.61 Å². The van der Waals surface area contributed by atoms with Gasteiger partial charge >= 0.3 is 6.18 Å². The summed E-state index contributed by atoms with van der Waals surface area (Å²) in [5.74, 6) is -0.567. The predicted octanol–water partition coefficient (Wildman–Crippen LogP) is 3.46. The van der Waals surface area contributed by atoms with Crippen molar-refractivity contribution in [2.24, 2.45) is 0 Å². The number of ether oxygens (including phenoxy) is 1. The Balaban J connectivity index is 2.30. The van der Waals surface area contributed by atoms with Gasteiger partial charge in [-0.25, -0.2) is 0 Å². The Labute approximate surface area is 103 Å². The van der Waals surface area contributed by atoms with Crippen LogP contribution in [-0.2, 0) is 10.9 Å². The third kappa shape index (κ3) is 2.72. The highest BCUT2D eigenvalue weighted by Gasteiger charge is 2.36. The molecule has 1 atom stereocenters. The molecule has 18 heavy (non-hydrogen) atoms. The maximum Gasteiger partial charge on any atom is 0.417 e. The van der Waals surface area contributed by atoms with Gasteiger partial charge in [-0.1, -0.05) is 18.2 Å². The number of hydrogen-bond acceptors (Lipinski definition) is 2. The second kappa shape index (κ2) is 5.10. The highest BCUT2D eigenvalue weighted by Crippen LogP contribution is 2.33. The van der Waals surface area contributed by atoms with Gasteiger partial charge in [0.05, 0.1) is 5.56 Å². The van der Waals surface area contributed by atoms with Crippen LogP contribution in [0.1, 0.15) is 35.2 Å². The molecule has 0 N–H and O–H groups in total. The molecule has 1 aromatic rings. The molecule has 1 aromatic carbocycles. The monoisotopic (exact) mass is 258 g/mol. The minimum Gasteiger partial charge on any atom is -0.370 e. The van der Waals surface area contributed by atoms with Crippen LogP contribution in [-0.4, -0.2) is 18.5 Å². The van der Waals surface area contributed by atoms with Crippen molar-refractivity contribution in [3.05, 3.63) is 35.4 Å². The molecule has 0 spiro atoms. The zero-order valence-corrected chi connectivity index (χ0v) is 9.67. The fourth-order valence-electron chi connectivity index (χ4n) is 2.07. The maximum atomic E-state index is 12.8. The molecular weight excluding hydrogens is 245 g/mol. The lowest BCUT2D eigenvalue weighted by Gasteiger charge is -2.22. The first kappa shape index (κ1) is 13.1. The van der Waals surface area contributed by atoms with Crippen LogP contribution >= 0.6 is 0 Å². The number of carbonyl (C=O) groups excluding carboxylic acids is 1. The Morgan fingerprint density at radius 3 is 2.56 bits per heavy atom. The minimum absolute atomic E-state index is 0.295. The van der Waals surface area contributed by atoms with Gasteiger partial charge in [0.15, 0.2) is 5.78 Å². The summed E-state index contributed by atoms with van der Waals surface area (Å²) in [5.41, 5.74) is -1.18. The van der Waals surface area contributed by atoms with Crippen LogP contribution in [0.2, 0.25) is 0 Å². The summed E-state index contributed by atoms with van der Waals surface area (Å²) < 4.78 is 43.6. The molecule has 5 heteroatoms. The Bertz CT molecular complexity index is 434. The number of alkyl halides is 3. The number of halogens is 3. The number of benzene rings is 1. The van der Waals surface area contributed by atoms with Crippen molar-refractivity contribution >= 4 is 5.78 Å². The van der Waals surface area contributed by atoms with E-state index in [4.69, 9.17) is 4.74 Å². The SMILES string of the molecule is O=C(c1ccccc1C(F)(F)F)C1CCCCO1. The van der Waals surface area contributed by atoms with E-state index in [2.05, 4.69) is 0 Å². The average molecular weight is 258 g/mol. The topological polar surface area (TPSA) is 26.3 Å². The first-order valence-electron chi connectivity index (χ1n) is 5.82. The molecule has 98 valence electrons. The van der Waals surface area contributed by atoms with Crippen molar-refractivity contribution in [1.29, 1.82) is 0 Å². The molecule has 1 aliphatic heterocycles. The van der Waals surface area contributed by atoms with Gasteiger partial charge in [0.2, 0.25) is 0 Å². The summed E-state index contributed by atoms with van der Waals surface area (Å²) in [6.07, 6.45) is -3.09. The highest BCUT2D eigenvalue weighted by atomic mass is 19.4. The van der Waals surface area contributed by atoms with Gasteiger partial charge in [0.1, 0.15) is 6.10 Å². The third-order valence-corrected chi connectivity index (χ3v) is 2.97. The first-order chi connectivity index (χ1) is 8.50. The van der Waals surface area contributed by atoms with Crippen LogP contribution < -0.4 is 0 Å². The fourth-order valence-corrected chi connectivity index (χ4v) is 2.07. The lowest BCUT2D eigenvalue weighted by atomic mass is 9.96. The van der Waals surface area contributed by atoms with E-state index < -0.39 is 23.6 Å². The van der Waals surface area contributed by atoms with Crippen molar-refractivity contribution in [3.8, 4) is 0 Å². The van der Waals surface area contributed by atoms with Gasteiger partial charge in [0, 0.05) is 12.2 Å². The Kier molecular flexibility index (Phi) is 3.71. The number of Topliss-reactive ketones (excluding diaryl/α,β-unsaturated/α-hetero) is 1. The molecule has 2 rings (SSSR count). The Morgan fingerprint density at radius 2 is 1.94 bits per heavy atom. The molecule has 0 saturated carbocycles. The van der Waals surface area contributed by atoms with Crippen LogP contribution in [0.3, 0.4) is 0 Å². The second-order valence-electron chi connectivity index (χ2n) is 4.26. The molecule has 1 fully saturated rings. The third-order valence-electron chi connectivity index (χ3n) is 2.97. The van der Waals surface area contributed by atoms with Gasteiger partial charge < -0.3 is 4.74 Å². The standard InChI is InChI=1S/C13H13F3O2/c14-13(15,16)10-6-2-1-5-9(10)12(17)11-7-3-4-8-18-11/h1-2,5-6,11H,3-4,7-8H2. The molecule has 0 aromatic heterocycles. The van der Waals surface area contributed by atoms with Gasteiger partial charge in [-0.2, -0.15) is 13.2 Å². The van der Waals surface area contributed by atoms with E-state index in [1.807, 2.05) is 0 Å². The predicted molar refractivity (Wildman–Crippen MR) is 59.4 cm³/mol. The number of carbonyl (C=O) groups is 1. The molecule has 1 heterocycles. The van der Waals surface area contributed by atoms with Crippen LogP contribution in [0, 0.1) is 0 Å². The van der Waals surface area contributed by atoms with Crippen LogP contribution in [0.4, 0.5) is 13.2 Å². The maximum absolute atomic E-state index is 12.8. The van der Waals surface area contributed by atoms with E-state index >= 15 is 0 Å². The molecule has 0 radical (unpaired) electrons. The van der Waals surface area contributed by atoms with Gasteiger partial charge in [0.25, 0.3) is 0 Å². The second-order valence-corrected chi connectivity index (χ2v) is 4.26. The number of hydrogen-bond donors (Lipinski definition) is 0. The van der Waals surface area contributed by atoms with E-state index in [9.17, 15) is 18.0 Å². The van der Waals surface area contributed by atoms with Gasteiger partial charge in [-0.15, -0.1) is 0 Å². The van der Waals surface area contributed by atoms with Crippen molar-refractivity contribution < 1.29 is 22.7 Å². The minimum atomic E-state index is -4.51. The highest BCUT2D eigenvalue weighted by molar-refractivity contribution is 6.01. The summed E-state index contributed by atoms with van der Waals surface area (Å²) >= 11 is 0. The Morgan fingerprint density at radius 1 is 1.22 bits per heavy atom. The van der Waals surface area contributed by atoms with Crippen molar-refractivity contribution in [2.45, 2.75) is 31.5 Å². The molecule has 1 aliphatic rings. The van der Waals surface area contributed by atoms with E-state index in [-0.39, 0.29) is 5.56 Å². The average Bonchev–Trinajstić information content (AvgIpc) is 2.38. The Hall–Kier alpha value is -1.36. The summed E-state index contributed by atoms with van der Waals surface area (Å²) in [6.45, 7) is 0.435. The zero-order valence-electron chi connectivity index (χ0n) is 9.67. The molecule has 1 saturated heterocycles. The van der Waals surface area contributed by atoms with Crippen LogP contribution in [0.5, 0.6) is 0 Å². The lowest BCUT2D eigenvalue weighted by molar-refractivity contribution is -0.138. The smallest absolute Gasteiger partial charge is 0.370 e. The molecule has 0 bridgehead atoms. The number of ketones is 1. The van der Waals surface area contributed by atoms with E-state index in [0.29, 0.717) is 13.0 Å². The van der Waals surface area contributed by atoms with Crippen molar-refractivity contribution in [1.82, 2.24) is 0 Å². The normalized spacial score (nSPS) is 20.7. The largest absolute Gasteiger partial charge is 0.417 e. The first-order valence-corrected chi connectivity index (χ1v) is 5.82. The van der Waals surface area contributed by atoms with Crippen molar-refractivity contribution in [3.63, 3.8) is 0 Å². The summed E-state index contributed by atoms with van der Waals surface area (Å²) in [4.78, 5) is 12.0. The summed E-state index contributed by atoms with van der Waals surface area (Å²) in [7, 11) is 0. The van der Waals surface area contributed by atoms with E-state index in [1.54, 1.807) is 0 Å². The quantitative estimate of drug-likeness (QED) is 0.759. The van der Waals surface area contributed by atoms with E-state index in [0.717, 1.165) is 18.9 Å². The molecule has 2 nitrogen and oxygen atoms in total. The van der Waals surface area contributed by atoms with Gasteiger partial charge in [-0.05, 0) is 25.3 Å². The number of rotatable bonds is 2. The zero-order chi connectivity index (χ0) is 13.2. The van der Waals surface area contributed by atoms with Gasteiger partial charge in [-0.3, -0.25) is 4.79 Å². The van der Waals surface area contributed by atoms with Crippen LogP contribution in [0.15, 0.2) is 24.3 Å².